The Morgan fingerprint density at radius 1 is 1.52 bits per heavy atom. The van der Waals surface area contributed by atoms with Gasteiger partial charge in [0.1, 0.15) is 12.3 Å². The summed E-state index contributed by atoms with van der Waals surface area (Å²) in [6, 6.07) is 3.92. The number of carbonyl (C=O) groups excluding carboxylic acids is 1. The van der Waals surface area contributed by atoms with Crippen molar-refractivity contribution in [3.63, 3.8) is 0 Å². The molecule has 0 bridgehead atoms. The van der Waals surface area contributed by atoms with Crippen molar-refractivity contribution in [3.8, 4) is 5.88 Å². The second kappa shape index (κ2) is 6.41. The van der Waals surface area contributed by atoms with Crippen molar-refractivity contribution in [1.29, 1.82) is 0 Å². The molecule has 5 nitrogen and oxygen atoms in total. The topological polar surface area (TPSA) is 68.5 Å². The minimum atomic E-state index is -0.0342. The van der Waals surface area contributed by atoms with Crippen molar-refractivity contribution in [2.24, 2.45) is 5.73 Å². The Morgan fingerprint density at radius 3 is 2.90 bits per heavy atom. The van der Waals surface area contributed by atoms with Gasteiger partial charge in [-0.15, -0.1) is 12.4 Å². The molecule has 1 fully saturated rings. The van der Waals surface area contributed by atoms with Crippen LogP contribution in [0.5, 0.6) is 5.88 Å². The summed E-state index contributed by atoms with van der Waals surface area (Å²) in [5.74, 6) is 0.288. The van der Waals surface area contributed by atoms with Crippen LogP contribution in [0.25, 0.3) is 0 Å². The second-order valence-corrected chi connectivity index (χ2v) is 5.08. The van der Waals surface area contributed by atoms with Crippen LogP contribution in [0.2, 0.25) is 0 Å². The minimum Gasteiger partial charge on any atom is -0.473 e. The highest BCUT2D eigenvalue weighted by molar-refractivity contribution is 5.97. The Kier molecular flexibility index (Phi) is 4.80. The molecule has 3 rings (SSSR count). The smallest absolute Gasteiger partial charge is 0.273 e. The minimum absolute atomic E-state index is 0. The van der Waals surface area contributed by atoms with Crippen molar-refractivity contribution < 1.29 is 13.9 Å². The molecule has 7 heteroatoms. The summed E-state index contributed by atoms with van der Waals surface area (Å²) in [4.78, 5) is 18.3. The molecule has 2 N–H and O–H groups in total. The van der Waals surface area contributed by atoms with Gasteiger partial charge in [0, 0.05) is 36.3 Å². The molecule has 2 heterocycles. The first-order valence-electron chi connectivity index (χ1n) is 6.65. The largest absolute Gasteiger partial charge is 0.473 e. The van der Waals surface area contributed by atoms with Crippen LogP contribution < -0.4 is 10.5 Å². The van der Waals surface area contributed by atoms with E-state index in [1.807, 2.05) is 11.0 Å². The second-order valence-electron chi connectivity index (χ2n) is 5.08. The summed E-state index contributed by atoms with van der Waals surface area (Å²) in [5.41, 5.74) is 7.07. The number of pyridine rings is 1. The van der Waals surface area contributed by atoms with Crippen LogP contribution in [0.1, 0.15) is 28.9 Å². The van der Waals surface area contributed by atoms with Gasteiger partial charge >= 0.3 is 0 Å². The van der Waals surface area contributed by atoms with E-state index in [-0.39, 0.29) is 31.5 Å². The fourth-order valence-corrected chi connectivity index (χ4v) is 2.24. The van der Waals surface area contributed by atoms with Crippen molar-refractivity contribution in [1.82, 2.24) is 9.88 Å². The molecule has 1 amide bonds. The van der Waals surface area contributed by atoms with Gasteiger partial charge in [-0.1, -0.05) is 0 Å². The molecular formula is C14H17ClFN3O2. The average Bonchev–Trinajstić information content (AvgIpc) is 3.26. The third kappa shape index (κ3) is 3.16. The van der Waals surface area contributed by atoms with Crippen molar-refractivity contribution >= 4 is 18.3 Å². The molecule has 1 aromatic rings. The van der Waals surface area contributed by atoms with Crippen LogP contribution in [0, 0.1) is 0 Å². The molecule has 1 aliphatic heterocycles. The van der Waals surface area contributed by atoms with Crippen LogP contribution >= 0.6 is 12.4 Å². The maximum atomic E-state index is 12.4. The first kappa shape index (κ1) is 15.7. The fraction of sp³-hybridized carbons (Fsp3) is 0.429. The summed E-state index contributed by atoms with van der Waals surface area (Å²) < 4.78 is 17.8. The van der Waals surface area contributed by atoms with E-state index in [1.54, 1.807) is 6.07 Å². The zero-order chi connectivity index (χ0) is 14.1. The van der Waals surface area contributed by atoms with E-state index in [0.29, 0.717) is 36.1 Å². The number of carbonyl (C=O) groups is 1. The van der Waals surface area contributed by atoms with Crippen molar-refractivity contribution in [2.45, 2.75) is 25.4 Å². The molecule has 0 radical (unpaired) electrons. The maximum Gasteiger partial charge on any atom is 0.273 e. The molecule has 21 heavy (non-hydrogen) atoms. The number of rotatable bonds is 5. The predicted molar refractivity (Wildman–Crippen MR) is 78.1 cm³/mol. The van der Waals surface area contributed by atoms with Gasteiger partial charge in [0.15, 0.2) is 0 Å². The summed E-state index contributed by atoms with van der Waals surface area (Å²) in [5, 5.41) is 0. The highest BCUT2D eigenvalue weighted by Crippen LogP contribution is 2.34. The van der Waals surface area contributed by atoms with Crippen LogP contribution in [-0.2, 0) is 6.54 Å². The molecule has 0 saturated heterocycles. The number of nitrogens with zero attached hydrogens (tertiary/aromatic N) is 2. The van der Waals surface area contributed by atoms with E-state index in [0.717, 1.165) is 18.4 Å². The fourth-order valence-electron chi connectivity index (χ4n) is 2.24. The molecular weight excluding hydrogens is 297 g/mol. The van der Waals surface area contributed by atoms with Crippen molar-refractivity contribution in [3.05, 3.63) is 35.3 Å². The van der Waals surface area contributed by atoms with Gasteiger partial charge in [0.05, 0.1) is 6.33 Å². The number of halogens is 2. The van der Waals surface area contributed by atoms with E-state index in [2.05, 4.69) is 4.98 Å². The van der Waals surface area contributed by atoms with Gasteiger partial charge in [-0.2, -0.15) is 0 Å². The van der Waals surface area contributed by atoms with E-state index in [1.165, 1.54) is 0 Å². The number of nitrogens with two attached hydrogens (primary N) is 1. The Morgan fingerprint density at radius 2 is 2.29 bits per heavy atom. The van der Waals surface area contributed by atoms with Gasteiger partial charge < -0.3 is 15.4 Å². The summed E-state index contributed by atoms with van der Waals surface area (Å²) >= 11 is 0. The number of fused-ring (bicyclic) bond motifs is 1. The zero-order valence-electron chi connectivity index (χ0n) is 11.4. The van der Waals surface area contributed by atoms with Gasteiger partial charge in [-0.05, 0) is 18.9 Å². The third-order valence-corrected chi connectivity index (χ3v) is 3.57. The molecule has 1 aromatic heterocycles. The van der Waals surface area contributed by atoms with Crippen molar-refractivity contribution in [2.75, 3.05) is 13.2 Å². The Labute approximate surface area is 128 Å². The number of hydrogen-bond acceptors (Lipinski definition) is 4. The molecule has 1 aliphatic carbocycles. The number of aromatic nitrogens is 1. The predicted octanol–water partition coefficient (Wildman–Crippen LogP) is 1.81. The lowest BCUT2D eigenvalue weighted by Gasteiger charge is -2.12. The van der Waals surface area contributed by atoms with E-state index >= 15 is 0 Å². The number of ether oxygens (including phenoxy) is 1. The van der Waals surface area contributed by atoms with E-state index < -0.39 is 0 Å². The SMILES string of the molecule is Cl.NCC(=CF)COc1ccc2c(n1)C(=O)N(C1CC1)C2. The summed E-state index contributed by atoms with van der Waals surface area (Å²) in [6.45, 7) is 0.764. The van der Waals surface area contributed by atoms with E-state index in [9.17, 15) is 9.18 Å². The Hall–Kier alpha value is -1.66. The first-order valence-corrected chi connectivity index (χ1v) is 6.65. The van der Waals surface area contributed by atoms with Crippen LogP contribution in [0.3, 0.4) is 0 Å². The van der Waals surface area contributed by atoms with Gasteiger partial charge in [-0.25, -0.2) is 9.37 Å². The van der Waals surface area contributed by atoms with Gasteiger partial charge in [0.2, 0.25) is 5.88 Å². The highest BCUT2D eigenvalue weighted by atomic mass is 35.5. The van der Waals surface area contributed by atoms with Gasteiger partial charge in [-0.3, -0.25) is 4.79 Å². The maximum absolute atomic E-state index is 12.4. The first-order chi connectivity index (χ1) is 9.72. The van der Waals surface area contributed by atoms with Crippen LogP contribution in [0.15, 0.2) is 24.0 Å². The summed E-state index contributed by atoms with van der Waals surface area (Å²) in [6.07, 6.45) is 2.59. The molecule has 0 atom stereocenters. The van der Waals surface area contributed by atoms with Gasteiger partial charge in [0.25, 0.3) is 5.91 Å². The molecule has 2 aliphatic rings. The Balaban J connectivity index is 0.00000161. The molecule has 0 spiro atoms. The number of amides is 1. The Bertz CT molecular complexity index is 575. The average molecular weight is 314 g/mol. The van der Waals surface area contributed by atoms with E-state index in [4.69, 9.17) is 10.5 Å². The monoisotopic (exact) mass is 313 g/mol. The molecule has 0 aromatic carbocycles. The zero-order valence-corrected chi connectivity index (χ0v) is 12.2. The van der Waals surface area contributed by atoms with Crippen LogP contribution in [-0.4, -0.2) is 35.0 Å². The molecule has 1 saturated carbocycles. The lowest BCUT2D eigenvalue weighted by molar-refractivity contribution is 0.0761. The number of hydrogen-bond donors (Lipinski definition) is 1. The van der Waals surface area contributed by atoms with Crippen LogP contribution in [0.4, 0.5) is 4.39 Å². The summed E-state index contributed by atoms with van der Waals surface area (Å²) in [7, 11) is 0. The lowest BCUT2D eigenvalue weighted by atomic mass is 10.2. The highest BCUT2D eigenvalue weighted by Gasteiger charge is 2.39. The third-order valence-electron chi connectivity index (χ3n) is 3.57. The molecule has 0 unspecified atom stereocenters. The standard InChI is InChI=1S/C14H16FN3O2.ClH/c15-5-9(6-16)8-20-12-4-1-10-7-18(11-2-3-11)14(19)13(10)17-12;/h1,4-5,11H,2-3,6-8,16H2;1H. The molecule has 114 valence electrons. The quantitative estimate of drug-likeness (QED) is 0.900. The normalized spacial score (nSPS) is 17.5. The lowest BCUT2D eigenvalue weighted by Crippen LogP contribution is -2.26.